The lowest BCUT2D eigenvalue weighted by molar-refractivity contribution is 0.979. The Kier molecular flexibility index (Phi) is 5.61. The Morgan fingerprint density at radius 3 is 1.62 bits per heavy atom. The standard InChI is InChI=1S/C19H19N7/c1-25(18-10-3-5-12-20-18)22-14-16-8-7-9-17(24-16)15-23-26(2)19-11-4-6-13-21-19/h3-15H,1-2H3/b22-14+,23-15+. The second-order valence-electron chi connectivity index (χ2n) is 5.40. The third kappa shape index (κ3) is 4.70. The molecule has 7 heteroatoms. The molecule has 0 spiro atoms. The van der Waals surface area contributed by atoms with Gasteiger partial charge in [0.05, 0.1) is 23.8 Å². The summed E-state index contributed by atoms with van der Waals surface area (Å²) in [5.41, 5.74) is 1.47. The van der Waals surface area contributed by atoms with E-state index in [1.807, 2.05) is 68.7 Å². The fourth-order valence-corrected chi connectivity index (χ4v) is 2.11. The summed E-state index contributed by atoms with van der Waals surface area (Å²) in [5.74, 6) is 1.52. The number of aromatic nitrogens is 3. The first kappa shape index (κ1) is 17.2. The van der Waals surface area contributed by atoms with Crippen molar-refractivity contribution in [2.24, 2.45) is 10.2 Å². The smallest absolute Gasteiger partial charge is 0.148 e. The topological polar surface area (TPSA) is 69.9 Å². The van der Waals surface area contributed by atoms with E-state index in [4.69, 9.17) is 0 Å². The van der Waals surface area contributed by atoms with Crippen LogP contribution in [0.1, 0.15) is 11.4 Å². The van der Waals surface area contributed by atoms with Crippen LogP contribution in [0.25, 0.3) is 0 Å². The van der Waals surface area contributed by atoms with Crippen molar-refractivity contribution >= 4 is 24.1 Å². The van der Waals surface area contributed by atoms with Crippen molar-refractivity contribution in [3.63, 3.8) is 0 Å². The van der Waals surface area contributed by atoms with Crippen LogP contribution in [0.2, 0.25) is 0 Å². The zero-order valence-electron chi connectivity index (χ0n) is 14.6. The monoisotopic (exact) mass is 345 g/mol. The van der Waals surface area contributed by atoms with E-state index >= 15 is 0 Å². The maximum Gasteiger partial charge on any atom is 0.148 e. The molecular formula is C19H19N7. The fourth-order valence-electron chi connectivity index (χ4n) is 2.11. The minimum Gasteiger partial charge on any atom is -0.251 e. The van der Waals surface area contributed by atoms with Gasteiger partial charge in [-0.15, -0.1) is 0 Å². The number of nitrogens with zero attached hydrogens (tertiary/aromatic N) is 7. The highest BCUT2D eigenvalue weighted by atomic mass is 15.5. The van der Waals surface area contributed by atoms with Gasteiger partial charge < -0.3 is 0 Å². The molecule has 0 fully saturated rings. The van der Waals surface area contributed by atoms with Gasteiger partial charge in [-0.2, -0.15) is 10.2 Å². The molecule has 0 aliphatic heterocycles. The number of hydrazone groups is 2. The van der Waals surface area contributed by atoms with Crippen LogP contribution >= 0.6 is 0 Å². The lowest BCUT2D eigenvalue weighted by Gasteiger charge is -2.11. The van der Waals surface area contributed by atoms with Crippen molar-refractivity contribution in [2.45, 2.75) is 0 Å². The van der Waals surface area contributed by atoms with E-state index in [0.717, 1.165) is 23.0 Å². The van der Waals surface area contributed by atoms with Gasteiger partial charge in [-0.3, -0.25) is 10.0 Å². The summed E-state index contributed by atoms with van der Waals surface area (Å²) in [6.07, 6.45) is 6.84. The van der Waals surface area contributed by atoms with E-state index in [1.54, 1.807) is 34.8 Å². The van der Waals surface area contributed by atoms with Gasteiger partial charge in [-0.1, -0.05) is 18.2 Å². The molecule has 7 nitrogen and oxygen atoms in total. The number of rotatable bonds is 6. The van der Waals surface area contributed by atoms with Crippen molar-refractivity contribution < 1.29 is 0 Å². The maximum atomic E-state index is 4.51. The zero-order valence-corrected chi connectivity index (χ0v) is 14.6. The molecule has 0 unspecified atom stereocenters. The Labute approximate surface area is 152 Å². The van der Waals surface area contributed by atoms with Crippen LogP contribution < -0.4 is 10.0 Å². The maximum absolute atomic E-state index is 4.51. The molecule has 3 heterocycles. The highest BCUT2D eigenvalue weighted by Crippen LogP contribution is 2.08. The van der Waals surface area contributed by atoms with Crippen LogP contribution in [0.3, 0.4) is 0 Å². The van der Waals surface area contributed by atoms with Crippen molar-refractivity contribution in [3.8, 4) is 0 Å². The molecule has 3 aromatic rings. The Morgan fingerprint density at radius 1 is 0.692 bits per heavy atom. The molecule has 3 rings (SSSR count). The van der Waals surface area contributed by atoms with E-state index in [1.165, 1.54) is 0 Å². The van der Waals surface area contributed by atoms with E-state index < -0.39 is 0 Å². The summed E-state index contributed by atoms with van der Waals surface area (Å²) >= 11 is 0. The van der Waals surface area contributed by atoms with Crippen LogP contribution in [0, 0.1) is 0 Å². The molecular weight excluding hydrogens is 326 g/mol. The molecule has 0 N–H and O–H groups in total. The summed E-state index contributed by atoms with van der Waals surface area (Å²) in [7, 11) is 3.68. The summed E-state index contributed by atoms with van der Waals surface area (Å²) < 4.78 is 0. The van der Waals surface area contributed by atoms with Gasteiger partial charge >= 0.3 is 0 Å². The molecule has 0 aliphatic rings. The minimum absolute atomic E-state index is 0.734. The average Bonchev–Trinajstić information content (AvgIpc) is 2.72. The van der Waals surface area contributed by atoms with Crippen molar-refractivity contribution in [2.75, 3.05) is 24.1 Å². The third-order valence-electron chi connectivity index (χ3n) is 3.48. The molecule has 0 aromatic carbocycles. The van der Waals surface area contributed by atoms with E-state index in [9.17, 15) is 0 Å². The molecule has 0 aliphatic carbocycles. The summed E-state index contributed by atoms with van der Waals surface area (Å²) in [4.78, 5) is 13.0. The highest BCUT2D eigenvalue weighted by Gasteiger charge is 2.00. The zero-order chi connectivity index (χ0) is 18.2. The normalized spacial score (nSPS) is 11.2. The third-order valence-corrected chi connectivity index (χ3v) is 3.48. The number of hydrogen-bond acceptors (Lipinski definition) is 7. The lowest BCUT2D eigenvalue weighted by Crippen LogP contribution is -2.11. The van der Waals surface area contributed by atoms with Crippen molar-refractivity contribution in [1.82, 2.24) is 15.0 Å². The number of hydrogen-bond donors (Lipinski definition) is 0. The largest absolute Gasteiger partial charge is 0.251 e. The quantitative estimate of drug-likeness (QED) is 0.507. The first-order valence-corrected chi connectivity index (χ1v) is 8.07. The minimum atomic E-state index is 0.734. The Bertz CT molecular complexity index is 808. The molecule has 130 valence electrons. The van der Waals surface area contributed by atoms with E-state index in [-0.39, 0.29) is 0 Å². The first-order valence-electron chi connectivity index (χ1n) is 8.07. The molecule has 26 heavy (non-hydrogen) atoms. The molecule has 0 saturated carbocycles. The van der Waals surface area contributed by atoms with Gasteiger partial charge in [-0.05, 0) is 36.4 Å². The predicted molar refractivity (Wildman–Crippen MR) is 105 cm³/mol. The molecule has 0 amide bonds. The Balaban J connectivity index is 1.68. The summed E-state index contributed by atoms with van der Waals surface area (Å²) in [5, 5.41) is 12.1. The van der Waals surface area contributed by atoms with E-state index in [2.05, 4.69) is 25.2 Å². The summed E-state index contributed by atoms with van der Waals surface area (Å²) in [6.45, 7) is 0. The number of anilines is 2. The van der Waals surface area contributed by atoms with Gasteiger partial charge in [0.25, 0.3) is 0 Å². The van der Waals surface area contributed by atoms with Gasteiger partial charge in [0.2, 0.25) is 0 Å². The van der Waals surface area contributed by atoms with Crippen LogP contribution in [0.15, 0.2) is 77.2 Å². The molecule has 0 bridgehead atoms. The molecule has 3 aromatic heterocycles. The van der Waals surface area contributed by atoms with Crippen LogP contribution in [0.4, 0.5) is 11.6 Å². The van der Waals surface area contributed by atoms with Crippen LogP contribution in [-0.4, -0.2) is 41.5 Å². The summed E-state index contributed by atoms with van der Waals surface area (Å²) in [6, 6.07) is 17.0. The Hall–Kier alpha value is -3.61. The van der Waals surface area contributed by atoms with Gasteiger partial charge in [0.15, 0.2) is 0 Å². The fraction of sp³-hybridized carbons (Fsp3) is 0.105. The van der Waals surface area contributed by atoms with Gasteiger partial charge in [0.1, 0.15) is 11.6 Å². The highest BCUT2D eigenvalue weighted by molar-refractivity contribution is 5.82. The first-order chi connectivity index (χ1) is 12.7. The molecule has 0 radical (unpaired) electrons. The predicted octanol–water partition coefficient (Wildman–Crippen LogP) is 2.81. The van der Waals surface area contributed by atoms with Crippen LogP contribution in [-0.2, 0) is 0 Å². The van der Waals surface area contributed by atoms with Crippen LogP contribution in [0.5, 0.6) is 0 Å². The lowest BCUT2D eigenvalue weighted by atomic mass is 10.3. The van der Waals surface area contributed by atoms with Gasteiger partial charge in [-0.25, -0.2) is 15.0 Å². The average molecular weight is 345 g/mol. The van der Waals surface area contributed by atoms with Gasteiger partial charge in [0, 0.05) is 26.5 Å². The van der Waals surface area contributed by atoms with E-state index in [0.29, 0.717) is 0 Å². The Morgan fingerprint density at radius 2 is 1.19 bits per heavy atom. The second-order valence-corrected chi connectivity index (χ2v) is 5.40. The van der Waals surface area contributed by atoms with Crippen molar-refractivity contribution in [1.29, 1.82) is 0 Å². The SMILES string of the molecule is CN(/N=C/c1cccc(/C=N/N(C)c2ccccn2)n1)c1ccccn1. The molecule has 0 saturated heterocycles. The number of pyridine rings is 3. The second kappa shape index (κ2) is 8.48. The van der Waals surface area contributed by atoms with Crippen molar-refractivity contribution in [3.05, 3.63) is 78.4 Å². The molecule has 0 atom stereocenters.